The number of hydrogen-bond donors (Lipinski definition) is 2. The van der Waals surface area contributed by atoms with E-state index in [1.54, 1.807) is 30.5 Å². The van der Waals surface area contributed by atoms with Crippen LogP contribution in [0.3, 0.4) is 0 Å². The number of nitrogens with zero attached hydrogens (tertiary/aromatic N) is 5. The van der Waals surface area contributed by atoms with Gasteiger partial charge >= 0.3 is 0 Å². The SMILES string of the molecule is O=C(C=Cc1cc(Cl)ccc1-n1cnnn1)NC1CC=CCCOc2ccccc2-c2cnc1[nH]2. The molecular weight excluding hydrogens is 466 g/mol. The van der Waals surface area contributed by atoms with Crippen LogP contribution >= 0.6 is 11.6 Å². The fourth-order valence-corrected chi connectivity index (χ4v) is 4.00. The van der Waals surface area contributed by atoms with E-state index in [9.17, 15) is 4.79 Å². The average Bonchev–Trinajstić information content (AvgIpc) is 3.57. The standard InChI is InChI=1S/C25H22ClN7O2/c26-18-10-11-22(33-16-28-31-32-33)17(14-18)9-12-24(34)29-20-7-2-1-5-13-35-23-8-4-3-6-19(23)21-15-27-25(20)30-21/h1-4,6,8-12,14-16,20H,5,7,13H2,(H,27,30)(H,29,34). The van der Waals surface area contributed by atoms with Crippen molar-refractivity contribution in [3.63, 3.8) is 0 Å². The van der Waals surface area contributed by atoms with Crippen LogP contribution in [0.15, 0.2) is 73.2 Å². The zero-order chi connectivity index (χ0) is 24.0. The minimum atomic E-state index is -0.331. The van der Waals surface area contributed by atoms with Crippen LogP contribution in [-0.2, 0) is 4.79 Å². The van der Waals surface area contributed by atoms with Gasteiger partial charge in [0.15, 0.2) is 0 Å². The number of aromatic amines is 1. The number of H-pyrrole nitrogens is 1. The van der Waals surface area contributed by atoms with Crippen LogP contribution in [0.25, 0.3) is 23.0 Å². The highest BCUT2D eigenvalue weighted by Gasteiger charge is 2.18. The second kappa shape index (κ2) is 10.4. The smallest absolute Gasteiger partial charge is 0.244 e. The number of carbonyl (C=O) groups excluding carboxylic acids is 1. The molecule has 9 nitrogen and oxygen atoms in total. The molecule has 1 aliphatic heterocycles. The van der Waals surface area contributed by atoms with E-state index in [4.69, 9.17) is 16.3 Å². The number of rotatable bonds is 4. The third-order valence-corrected chi connectivity index (χ3v) is 5.73. The maximum Gasteiger partial charge on any atom is 0.244 e. The van der Waals surface area contributed by atoms with Crippen molar-refractivity contribution < 1.29 is 9.53 Å². The van der Waals surface area contributed by atoms with Crippen LogP contribution in [-0.4, -0.2) is 42.7 Å². The first-order valence-corrected chi connectivity index (χ1v) is 11.5. The maximum absolute atomic E-state index is 12.9. The Labute approximate surface area is 206 Å². The average molecular weight is 488 g/mol. The van der Waals surface area contributed by atoms with E-state index in [0.29, 0.717) is 35.1 Å². The predicted molar refractivity (Wildman–Crippen MR) is 132 cm³/mol. The van der Waals surface area contributed by atoms with Gasteiger partial charge in [0.1, 0.15) is 17.9 Å². The van der Waals surface area contributed by atoms with Crippen LogP contribution in [0.4, 0.5) is 0 Å². The summed E-state index contributed by atoms with van der Waals surface area (Å²) in [6, 6.07) is 12.8. The lowest BCUT2D eigenvalue weighted by molar-refractivity contribution is -0.117. The summed E-state index contributed by atoms with van der Waals surface area (Å²) in [7, 11) is 0. The molecule has 2 aromatic heterocycles. The van der Waals surface area contributed by atoms with Crippen molar-refractivity contribution in [1.82, 2.24) is 35.5 Å². The summed E-state index contributed by atoms with van der Waals surface area (Å²) >= 11 is 6.17. The topological polar surface area (TPSA) is 111 Å². The molecule has 0 aliphatic carbocycles. The van der Waals surface area contributed by atoms with Crippen LogP contribution in [0, 0.1) is 0 Å². The molecule has 0 radical (unpaired) electrons. The number of fused-ring (bicyclic) bond motifs is 4. The Balaban J connectivity index is 1.38. The van der Waals surface area contributed by atoms with E-state index in [1.165, 1.54) is 17.1 Å². The van der Waals surface area contributed by atoms with Crippen LogP contribution < -0.4 is 10.1 Å². The monoisotopic (exact) mass is 487 g/mol. The van der Waals surface area contributed by atoms with Gasteiger partial charge in [-0.3, -0.25) is 4.79 Å². The van der Waals surface area contributed by atoms with Gasteiger partial charge in [-0.1, -0.05) is 35.9 Å². The Hall–Kier alpha value is -4.24. The molecule has 1 amide bonds. The largest absolute Gasteiger partial charge is 0.493 e. The molecule has 2 N–H and O–H groups in total. The number of carbonyl (C=O) groups is 1. The molecular formula is C25H22ClN7O2. The first kappa shape index (κ1) is 22.5. The van der Waals surface area contributed by atoms with Gasteiger partial charge in [0, 0.05) is 22.2 Å². The quantitative estimate of drug-likeness (QED) is 0.328. The normalized spacial score (nSPS) is 15.6. The highest BCUT2D eigenvalue weighted by atomic mass is 35.5. The number of amides is 1. The summed E-state index contributed by atoms with van der Waals surface area (Å²) in [4.78, 5) is 20.8. The lowest BCUT2D eigenvalue weighted by Gasteiger charge is -2.15. The summed E-state index contributed by atoms with van der Waals surface area (Å²) in [5.41, 5.74) is 3.17. The minimum Gasteiger partial charge on any atom is -0.493 e. The third kappa shape index (κ3) is 5.30. The summed E-state index contributed by atoms with van der Waals surface area (Å²) in [6.45, 7) is 0.567. The number of hydrogen-bond acceptors (Lipinski definition) is 6. The molecule has 176 valence electrons. The molecule has 4 aromatic rings. The number of imidazole rings is 1. The molecule has 5 rings (SSSR count). The molecule has 2 bridgehead atoms. The fourth-order valence-electron chi connectivity index (χ4n) is 3.82. The molecule has 35 heavy (non-hydrogen) atoms. The number of nitrogens with one attached hydrogen (secondary N) is 2. The van der Waals surface area contributed by atoms with Crippen LogP contribution in [0.1, 0.15) is 30.3 Å². The second-order valence-electron chi connectivity index (χ2n) is 7.87. The van der Waals surface area contributed by atoms with E-state index < -0.39 is 0 Å². The second-order valence-corrected chi connectivity index (χ2v) is 8.31. The maximum atomic E-state index is 12.9. The first-order chi connectivity index (χ1) is 17.2. The van der Waals surface area contributed by atoms with E-state index in [1.807, 2.05) is 36.4 Å². The Bertz CT molecular complexity index is 1380. The molecule has 0 spiro atoms. The fraction of sp³-hybridized carbons (Fsp3) is 0.160. The summed E-state index contributed by atoms with van der Waals surface area (Å²) in [6.07, 6.45) is 11.8. The van der Waals surface area contributed by atoms with Gasteiger partial charge in [-0.25, -0.2) is 4.98 Å². The van der Waals surface area contributed by atoms with Gasteiger partial charge < -0.3 is 15.0 Å². The van der Waals surface area contributed by atoms with E-state index in [2.05, 4.69) is 30.8 Å². The van der Waals surface area contributed by atoms with E-state index in [0.717, 1.165) is 23.4 Å². The van der Waals surface area contributed by atoms with Gasteiger partial charge in [0.05, 0.1) is 30.2 Å². The van der Waals surface area contributed by atoms with Gasteiger partial charge in [0.25, 0.3) is 0 Å². The molecule has 1 aliphatic rings. The lowest BCUT2D eigenvalue weighted by Crippen LogP contribution is -2.27. The summed E-state index contributed by atoms with van der Waals surface area (Å²) in [5.74, 6) is 1.19. The zero-order valence-corrected chi connectivity index (χ0v) is 19.4. The highest BCUT2D eigenvalue weighted by Crippen LogP contribution is 2.30. The molecule has 2 aromatic carbocycles. The molecule has 10 heteroatoms. The third-order valence-electron chi connectivity index (χ3n) is 5.50. The number of aromatic nitrogens is 6. The van der Waals surface area contributed by atoms with Crippen LogP contribution in [0.5, 0.6) is 5.75 Å². The molecule has 0 saturated heterocycles. The van der Waals surface area contributed by atoms with Gasteiger partial charge in [-0.05, 0) is 59.7 Å². The number of halogens is 1. The number of ether oxygens (including phenoxy) is 1. The Morgan fingerprint density at radius 1 is 1.23 bits per heavy atom. The molecule has 3 heterocycles. The van der Waals surface area contributed by atoms with Crippen molar-refractivity contribution in [1.29, 1.82) is 0 Å². The van der Waals surface area contributed by atoms with Crippen molar-refractivity contribution in [3.05, 3.63) is 89.6 Å². The van der Waals surface area contributed by atoms with Gasteiger partial charge in [-0.2, -0.15) is 4.68 Å². The van der Waals surface area contributed by atoms with E-state index >= 15 is 0 Å². The van der Waals surface area contributed by atoms with E-state index in [-0.39, 0.29) is 11.9 Å². The zero-order valence-electron chi connectivity index (χ0n) is 18.6. The molecule has 1 atom stereocenters. The molecule has 1 unspecified atom stereocenters. The predicted octanol–water partition coefficient (Wildman–Crippen LogP) is 4.31. The van der Waals surface area contributed by atoms with Crippen LogP contribution in [0.2, 0.25) is 5.02 Å². The lowest BCUT2D eigenvalue weighted by atomic mass is 10.1. The molecule has 0 saturated carbocycles. The summed E-state index contributed by atoms with van der Waals surface area (Å²) < 4.78 is 7.45. The number of para-hydroxylation sites is 1. The Kier molecular flexibility index (Phi) is 6.67. The van der Waals surface area contributed by atoms with Crippen molar-refractivity contribution >= 4 is 23.6 Å². The number of benzene rings is 2. The summed E-state index contributed by atoms with van der Waals surface area (Å²) in [5, 5.41) is 14.8. The Morgan fingerprint density at radius 3 is 3.03 bits per heavy atom. The Morgan fingerprint density at radius 2 is 2.14 bits per heavy atom. The van der Waals surface area contributed by atoms with Crippen molar-refractivity contribution in [2.45, 2.75) is 18.9 Å². The van der Waals surface area contributed by atoms with Crippen molar-refractivity contribution in [2.75, 3.05) is 6.61 Å². The van der Waals surface area contributed by atoms with Gasteiger partial charge in [-0.15, -0.1) is 5.10 Å². The number of tetrazole rings is 1. The van der Waals surface area contributed by atoms with Crippen molar-refractivity contribution in [2.24, 2.45) is 0 Å². The first-order valence-electron chi connectivity index (χ1n) is 11.1. The highest BCUT2D eigenvalue weighted by molar-refractivity contribution is 6.30. The van der Waals surface area contributed by atoms with Gasteiger partial charge in [0.2, 0.25) is 5.91 Å². The molecule has 0 fully saturated rings. The van der Waals surface area contributed by atoms with Crippen molar-refractivity contribution in [3.8, 4) is 22.7 Å². The minimum absolute atomic E-state index is 0.264.